The van der Waals surface area contributed by atoms with E-state index in [1.54, 1.807) is 0 Å². The van der Waals surface area contributed by atoms with Crippen LogP contribution in [0.2, 0.25) is 5.02 Å². The van der Waals surface area contributed by atoms with Crippen LogP contribution in [0.15, 0.2) is 18.2 Å². The monoisotopic (exact) mass is 373 g/mol. The lowest BCUT2D eigenvalue weighted by molar-refractivity contribution is -0.121. The number of carbonyl (C=O) groups excluding carboxylic acids is 1. The van der Waals surface area contributed by atoms with Gasteiger partial charge in [-0.2, -0.15) is 0 Å². The van der Waals surface area contributed by atoms with E-state index in [2.05, 4.69) is 25.4 Å². The number of nitrogens with zero attached hydrogens (tertiary/aromatic N) is 3. The van der Waals surface area contributed by atoms with Gasteiger partial charge < -0.3 is 15.2 Å². The van der Waals surface area contributed by atoms with Crippen molar-refractivity contribution in [3.05, 3.63) is 29.0 Å². The van der Waals surface area contributed by atoms with E-state index >= 15 is 0 Å². The highest BCUT2D eigenvalue weighted by molar-refractivity contribution is 6.33. The number of carbonyl (C=O) groups is 1. The molecule has 1 aromatic carbocycles. The van der Waals surface area contributed by atoms with E-state index in [9.17, 15) is 4.79 Å². The SMILES string of the molecule is CC(C(=O)Nc1ccc(Cl)c(-c2nnc3n2CCCCC3)c1)C1CNC1. The van der Waals surface area contributed by atoms with Crippen molar-refractivity contribution >= 4 is 23.2 Å². The van der Waals surface area contributed by atoms with Crippen LogP contribution in [0.4, 0.5) is 5.69 Å². The number of nitrogens with one attached hydrogen (secondary N) is 2. The van der Waals surface area contributed by atoms with Crippen LogP contribution in [-0.4, -0.2) is 33.8 Å². The summed E-state index contributed by atoms with van der Waals surface area (Å²) in [6.45, 7) is 4.71. The summed E-state index contributed by atoms with van der Waals surface area (Å²) in [5.74, 6) is 2.26. The number of benzene rings is 1. The van der Waals surface area contributed by atoms with Crippen LogP contribution >= 0.6 is 11.6 Å². The predicted octanol–water partition coefficient (Wildman–Crippen LogP) is 3.12. The number of aryl methyl sites for hydroxylation is 1. The van der Waals surface area contributed by atoms with E-state index < -0.39 is 0 Å². The molecule has 138 valence electrons. The number of anilines is 1. The molecule has 1 saturated heterocycles. The molecule has 0 saturated carbocycles. The average Bonchev–Trinajstić information content (AvgIpc) is 2.83. The lowest BCUT2D eigenvalue weighted by Crippen LogP contribution is -2.48. The van der Waals surface area contributed by atoms with Gasteiger partial charge >= 0.3 is 0 Å². The number of rotatable bonds is 4. The van der Waals surface area contributed by atoms with Crippen LogP contribution < -0.4 is 10.6 Å². The van der Waals surface area contributed by atoms with Crippen molar-refractivity contribution in [3.63, 3.8) is 0 Å². The summed E-state index contributed by atoms with van der Waals surface area (Å²) in [6.07, 6.45) is 4.43. The Hall–Kier alpha value is -1.92. The molecule has 7 heteroatoms. The molecule has 0 aliphatic carbocycles. The molecule has 1 atom stereocenters. The molecule has 0 spiro atoms. The molecule has 2 aromatic rings. The summed E-state index contributed by atoms with van der Waals surface area (Å²) in [4.78, 5) is 12.5. The first-order valence-electron chi connectivity index (χ1n) is 9.37. The lowest BCUT2D eigenvalue weighted by Gasteiger charge is -2.31. The van der Waals surface area contributed by atoms with Gasteiger partial charge in [0.05, 0.1) is 5.02 Å². The Morgan fingerprint density at radius 2 is 2.15 bits per heavy atom. The third kappa shape index (κ3) is 3.35. The zero-order chi connectivity index (χ0) is 18.1. The summed E-state index contributed by atoms with van der Waals surface area (Å²) in [7, 11) is 0. The number of hydrogen-bond donors (Lipinski definition) is 2. The van der Waals surface area contributed by atoms with Crippen LogP contribution in [0.3, 0.4) is 0 Å². The molecule has 2 aliphatic rings. The molecule has 0 radical (unpaired) electrons. The summed E-state index contributed by atoms with van der Waals surface area (Å²) in [5, 5.41) is 15.6. The summed E-state index contributed by atoms with van der Waals surface area (Å²) in [5.41, 5.74) is 1.57. The van der Waals surface area contributed by atoms with Gasteiger partial charge in [0.1, 0.15) is 5.82 Å². The molecule has 26 heavy (non-hydrogen) atoms. The lowest BCUT2D eigenvalue weighted by atomic mass is 9.88. The van der Waals surface area contributed by atoms with Crippen molar-refractivity contribution in [1.29, 1.82) is 0 Å². The predicted molar refractivity (Wildman–Crippen MR) is 102 cm³/mol. The Balaban J connectivity index is 1.59. The fraction of sp³-hybridized carbons (Fsp3) is 0.526. The largest absolute Gasteiger partial charge is 0.326 e. The van der Waals surface area contributed by atoms with Crippen LogP contribution in [-0.2, 0) is 17.8 Å². The van der Waals surface area contributed by atoms with E-state index in [0.717, 1.165) is 61.8 Å². The second-order valence-electron chi connectivity index (χ2n) is 7.29. The van der Waals surface area contributed by atoms with Gasteiger partial charge in [-0.1, -0.05) is 24.9 Å². The molecule has 0 bridgehead atoms. The highest BCUT2D eigenvalue weighted by atomic mass is 35.5. The second kappa shape index (κ2) is 7.37. The Morgan fingerprint density at radius 1 is 1.31 bits per heavy atom. The van der Waals surface area contributed by atoms with Crippen LogP contribution in [0, 0.1) is 11.8 Å². The van der Waals surface area contributed by atoms with E-state index in [1.165, 1.54) is 6.42 Å². The molecular weight excluding hydrogens is 350 g/mol. The minimum atomic E-state index is -0.0141. The van der Waals surface area contributed by atoms with Gasteiger partial charge in [-0.25, -0.2) is 0 Å². The first-order chi connectivity index (χ1) is 12.6. The normalized spacial score (nSPS) is 18.5. The highest BCUT2D eigenvalue weighted by Gasteiger charge is 2.29. The van der Waals surface area contributed by atoms with E-state index in [-0.39, 0.29) is 11.8 Å². The molecule has 4 rings (SSSR count). The van der Waals surface area contributed by atoms with Gasteiger partial charge in [0.15, 0.2) is 5.82 Å². The number of fused-ring (bicyclic) bond motifs is 1. The molecule has 1 amide bonds. The quantitative estimate of drug-likeness (QED) is 0.863. The number of amides is 1. The third-order valence-electron chi connectivity index (χ3n) is 5.52. The second-order valence-corrected chi connectivity index (χ2v) is 7.70. The molecule has 1 fully saturated rings. The smallest absolute Gasteiger partial charge is 0.227 e. The molecular formula is C19H24ClN5O. The summed E-state index contributed by atoms with van der Waals surface area (Å²) < 4.78 is 2.17. The average molecular weight is 374 g/mol. The first-order valence-corrected chi connectivity index (χ1v) is 9.75. The van der Waals surface area contributed by atoms with Gasteiger partial charge in [0.2, 0.25) is 5.91 Å². The Bertz CT molecular complexity index is 814. The topological polar surface area (TPSA) is 71.8 Å². The fourth-order valence-electron chi connectivity index (χ4n) is 3.59. The zero-order valence-electron chi connectivity index (χ0n) is 15.0. The third-order valence-corrected chi connectivity index (χ3v) is 5.85. The van der Waals surface area contributed by atoms with Gasteiger partial charge in [0.25, 0.3) is 0 Å². The fourth-order valence-corrected chi connectivity index (χ4v) is 3.80. The Labute approximate surface area is 158 Å². The maximum absolute atomic E-state index is 12.5. The molecule has 3 heterocycles. The maximum atomic E-state index is 12.5. The molecule has 1 unspecified atom stereocenters. The Morgan fingerprint density at radius 3 is 2.92 bits per heavy atom. The summed E-state index contributed by atoms with van der Waals surface area (Å²) >= 11 is 6.45. The van der Waals surface area contributed by atoms with E-state index in [4.69, 9.17) is 11.6 Å². The van der Waals surface area contributed by atoms with Crippen LogP contribution in [0.1, 0.15) is 32.0 Å². The van der Waals surface area contributed by atoms with Crippen molar-refractivity contribution in [2.75, 3.05) is 18.4 Å². The standard InChI is InChI=1S/C19H24ClN5O/c1-12(13-10-21-11-13)19(26)22-14-6-7-16(20)15(9-14)18-24-23-17-5-3-2-4-8-25(17)18/h6-7,9,12-13,21H,2-5,8,10-11H2,1H3,(H,22,26). The van der Waals surface area contributed by atoms with E-state index in [0.29, 0.717) is 10.9 Å². The zero-order valence-corrected chi connectivity index (χ0v) is 15.7. The van der Waals surface area contributed by atoms with Crippen molar-refractivity contribution < 1.29 is 4.79 Å². The van der Waals surface area contributed by atoms with Crippen LogP contribution in [0.25, 0.3) is 11.4 Å². The van der Waals surface area contributed by atoms with Gasteiger partial charge in [-0.05, 0) is 50.0 Å². The highest BCUT2D eigenvalue weighted by Crippen LogP contribution is 2.31. The van der Waals surface area contributed by atoms with Gasteiger partial charge in [0, 0.05) is 30.1 Å². The van der Waals surface area contributed by atoms with Gasteiger partial charge in [-0.15, -0.1) is 10.2 Å². The van der Waals surface area contributed by atoms with Gasteiger partial charge in [-0.3, -0.25) is 4.79 Å². The van der Waals surface area contributed by atoms with Crippen molar-refractivity contribution in [2.45, 2.75) is 39.2 Å². The molecule has 2 aliphatic heterocycles. The molecule has 6 nitrogen and oxygen atoms in total. The summed E-state index contributed by atoms with van der Waals surface area (Å²) in [6, 6.07) is 5.57. The first kappa shape index (κ1) is 17.5. The minimum absolute atomic E-state index is 0.0141. The Kier molecular flexibility index (Phi) is 4.96. The van der Waals surface area contributed by atoms with Crippen molar-refractivity contribution in [1.82, 2.24) is 20.1 Å². The van der Waals surface area contributed by atoms with E-state index in [1.807, 2.05) is 25.1 Å². The molecule has 2 N–H and O–H groups in total. The van der Waals surface area contributed by atoms with Crippen LogP contribution in [0.5, 0.6) is 0 Å². The number of halogens is 1. The van der Waals surface area contributed by atoms with Crippen molar-refractivity contribution in [3.8, 4) is 11.4 Å². The van der Waals surface area contributed by atoms with Crippen molar-refractivity contribution in [2.24, 2.45) is 11.8 Å². The number of aromatic nitrogens is 3. The maximum Gasteiger partial charge on any atom is 0.227 e. The number of hydrogen-bond acceptors (Lipinski definition) is 4. The molecule has 1 aromatic heterocycles. The minimum Gasteiger partial charge on any atom is -0.326 e.